The van der Waals surface area contributed by atoms with E-state index in [9.17, 15) is 4.79 Å². The molecule has 2 N–H and O–H groups in total. The van der Waals surface area contributed by atoms with Crippen LogP contribution in [0.3, 0.4) is 0 Å². The SMILES string of the molecule is CNC(=O)NCCOC.[Ar].[Ar].[Ar]. The van der Waals surface area contributed by atoms with Gasteiger partial charge in [0.2, 0.25) is 0 Å². The van der Waals surface area contributed by atoms with Gasteiger partial charge in [0.1, 0.15) is 0 Å². The molecule has 0 unspecified atom stereocenters. The Hall–Kier alpha value is 3.01. The van der Waals surface area contributed by atoms with E-state index in [0.29, 0.717) is 13.2 Å². The molecule has 2 amide bonds. The summed E-state index contributed by atoms with van der Waals surface area (Å²) < 4.78 is 4.69. The molecule has 0 atom stereocenters. The molecule has 78 valence electrons. The number of urea groups is 1. The van der Waals surface area contributed by atoms with Gasteiger partial charge in [-0.3, -0.25) is 0 Å². The van der Waals surface area contributed by atoms with E-state index >= 15 is 0 Å². The van der Waals surface area contributed by atoms with Crippen LogP contribution in [-0.2, 0) is 4.74 Å². The second-order valence-corrected chi connectivity index (χ2v) is 1.50. The molecule has 0 saturated heterocycles. The number of amides is 2. The fourth-order valence-electron chi connectivity index (χ4n) is 0.355. The molecule has 0 spiro atoms. The summed E-state index contributed by atoms with van der Waals surface area (Å²) in [5.74, 6) is 0. The number of hydrogen-bond donors (Lipinski definition) is 2. The van der Waals surface area contributed by atoms with Crippen LogP contribution < -0.4 is 10.6 Å². The topological polar surface area (TPSA) is 50.4 Å². The summed E-state index contributed by atoms with van der Waals surface area (Å²) >= 11 is 0. The van der Waals surface area contributed by atoms with Crippen molar-refractivity contribution in [3.8, 4) is 0 Å². The number of hydrogen-bond acceptors (Lipinski definition) is 2. The molecule has 0 aromatic carbocycles. The van der Waals surface area contributed by atoms with E-state index in [4.69, 9.17) is 4.74 Å². The quantitative estimate of drug-likeness (QED) is 0.669. The van der Waals surface area contributed by atoms with Gasteiger partial charge in [0.25, 0.3) is 0 Å². The Morgan fingerprint density at radius 3 is 2.17 bits per heavy atom. The predicted molar refractivity (Wildman–Crippen MR) is 34.3 cm³/mol. The number of methoxy groups -OCH3 is 1. The van der Waals surface area contributed by atoms with Crippen LogP contribution in [0.15, 0.2) is 0 Å². The average molecular weight is 252 g/mol. The normalized spacial score (nSPS) is 6.50. The summed E-state index contributed by atoms with van der Waals surface area (Å²) in [4.78, 5) is 10.4. The molecule has 0 fully saturated rings. The first-order valence-electron chi connectivity index (χ1n) is 2.75. The summed E-state index contributed by atoms with van der Waals surface area (Å²) in [6.45, 7) is 1.10. The van der Waals surface area contributed by atoms with E-state index in [0.717, 1.165) is 0 Å². The van der Waals surface area contributed by atoms with Gasteiger partial charge in [-0.25, -0.2) is 4.79 Å². The monoisotopic (exact) mass is 252 g/mol. The Balaban J connectivity index is -0.000000107. The van der Waals surface area contributed by atoms with Crippen LogP contribution in [0.5, 0.6) is 0 Å². The third kappa shape index (κ3) is 18.7. The Labute approximate surface area is 163 Å². The Morgan fingerprint density at radius 1 is 1.33 bits per heavy atom. The fourth-order valence-corrected chi connectivity index (χ4v) is 0.355. The molecule has 0 heterocycles. The fraction of sp³-hybridized carbons (Fsp3) is 0.800. The van der Waals surface area contributed by atoms with Gasteiger partial charge in [-0.05, 0) is 0 Å². The van der Waals surface area contributed by atoms with E-state index in [-0.39, 0.29) is 119 Å². The molecule has 7 heteroatoms. The maximum Gasteiger partial charge on any atom is 0.314 e. The summed E-state index contributed by atoms with van der Waals surface area (Å²) in [6.07, 6.45) is 0. The molecule has 0 bridgehead atoms. The zero-order chi connectivity index (χ0) is 7.11. The van der Waals surface area contributed by atoms with Crippen molar-refractivity contribution in [1.82, 2.24) is 10.6 Å². The number of carbonyl (C=O) groups excluding carboxylic acids is 1. The van der Waals surface area contributed by atoms with E-state index in [1.165, 1.54) is 0 Å². The molecule has 0 aromatic rings. The second-order valence-electron chi connectivity index (χ2n) is 1.50. The van der Waals surface area contributed by atoms with Crippen molar-refractivity contribution in [2.45, 2.75) is 0 Å². The molecule has 0 aliphatic heterocycles. The van der Waals surface area contributed by atoms with E-state index < -0.39 is 0 Å². The minimum absolute atomic E-state index is 0. The Bertz CT molecular complexity index is 94.8. The van der Waals surface area contributed by atoms with Crippen LogP contribution in [0.4, 0.5) is 4.79 Å². The van der Waals surface area contributed by atoms with Crippen molar-refractivity contribution in [3.05, 3.63) is 0 Å². The van der Waals surface area contributed by atoms with Crippen molar-refractivity contribution in [1.29, 1.82) is 0 Å². The smallest absolute Gasteiger partial charge is 0.314 e. The molecule has 0 radical (unpaired) electrons. The minimum Gasteiger partial charge on any atom is -0.383 e. The predicted octanol–water partition coefficient (Wildman–Crippen LogP) is -0.438. The van der Waals surface area contributed by atoms with Crippen molar-refractivity contribution >= 4 is 6.03 Å². The van der Waals surface area contributed by atoms with Gasteiger partial charge in [0, 0.05) is 134 Å². The zero-order valence-corrected chi connectivity index (χ0v) is 8.91. The van der Waals surface area contributed by atoms with Crippen LogP contribution in [0.2, 0.25) is 0 Å². The van der Waals surface area contributed by atoms with Gasteiger partial charge in [0.15, 0.2) is 0 Å². The first kappa shape index (κ1) is 24.3. The van der Waals surface area contributed by atoms with Gasteiger partial charge in [-0.2, -0.15) is 0 Å². The van der Waals surface area contributed by atoms with Crippen molar-refractivity contribution in [3.63, 3.8) is 0 Å². The molecular weight excluding hydrogens is 240 g/mol. The van der Waals surface area contributed by atoms with Crippen LogP contribution in [0.25, 0.3) is 0 Å². The summed E-state index contributed by atoms with van der Waals surface area (Å²) in [5, 5.41) is 4.98. The number of ether oxygens (including phenoxy) is 1. The summed E-state index contributed by atoms with van der Waals surface area (Å²) in [6, 6.07) is -0.174. The van der Waals surface area contributed by atoms with Gasteiger partial charge in [-0.1, -0.05) is 0 Å². The van der Waals surface area contributed by atoms with Gasteiger partial charge in [-0.15, -0.1) is 0 Å². The summed E-state index contributed by atoms with van der Waals surface area (Å²) in [7, 11) is 3.16. The maximum atomic E-state index is 10.4. The third-order valence-electron chi connectivity index (χ3n) is 0.819. The first-order valence-corrected chi connectivity index (χ1v) is 2.75. The molecule has 12 heavy (non-hydrogen) atoms. The average Bonchev–Trinajstić information content (AvgIpc) is 1.89. The Morgan fingerprint density at radius 2 is 1.83 bits per heavy atom. The van der Waals surface area contributed by atoms with Gasteiger partial charge >= 0.3 is 6.03 Å². The molecular formula is C5H12Ar3N2O2. The largest absolute Gasteiger partial charge is 0.383 e. The van der Waals surface area contributed by atoms with E-state index in [1.807, 2.05) is 0 Å². The van der Waals surface area contributed by atoms with E-state index in [2.05, 4.69) is 10.6 Å². The van der Waals surface area contributed by atoms with Gasteiger partial charge < -0.3 is 15.4 Å². The van der Waals surface area contributed by atoms with Crippen LogP contribution in [0.1, 0.15) is 0 Å². The van der Waals surface area contributed by atoms with Crippen molar-refractivity contribution in [2.24, 2.45) is 0 Å². The molecule has 0 aliphatic carbocycles. The van der Waals surface area contributed by atoms with Crippen LogP contribution >= 0.6 is 0 Å². The van der Waals surface area contributed by atoms with Crippen LogP contribution in [0, 0.1) is 113 Å². The standard InChI is InChI=1S/C5H12N2O2.3Ar/c1-6-5(8)7-3-4-9-2;;;/h3-4H2,1-2H3,(H2,6,7,8);;;. The number of rotatable bonds is 3. The molecule has 4 nitrogen and oxygen atoms in total. The summed E-state index contributed by atoms with van der Waals surface area (Å²) in [5.41, 5.74) is 0. The van der Waals surface area contributed by atoms with Gasteiger partial charge in [0.05, 0.1) is 6.61 Å². The van der Waals surface area contributed by atoms with Crippen molar-refractivity contribution in [2.75, 3.05) is 27.3 Å². The molecule has 0 aliphatic rings. The third-order valence-corrected chi connectivity index (χ3v) is 0.819. The van der Waals surface area contributed by atoms with E-state index in [1.54, 1.807) is 14.2 Å². The maximum absolute atomic E-state index is 10.4. The minimum atomic E-state index is -0.174. The molecule has 0 rings (SSSR count). The Kier molecular flexibility index (Phi) is 39.6. The second kappa shape index (κ2) is 19.6. The molecule has 0 saturated carbocycles. The number of nitrogens with one attached hydrogen (secondary N) is 2. The zero-order valence-electron chi connectivity index (χ0n) is 6.79. The van der Waals surface area contributed by atoms with Crippen molar-refractivity contribution < 1.29 is 123 Å². The first-order chi connectivity index (χ1) is 4.31. The van der Waals surface area contributed by atoms with Crippen LogP contribution in [-0.4, -0.2) is 33.3 Å². The number of carbonyl (C=O) groups is 1. The molecule has 0 aromatic heterocycles.